The highest BCUT2D eigenvalue weighted by Crippen LogP contribution is 2.41. The number of nitrogens with zero attached hydrogens (tertiary/aromatic N) is 1. The Labute approximate surface area is 135 Å². The molecule has 23 heavy (non-hydrogen) atoms. The van der Waals surface area contributed by atoms with Gasteiger partial charge in [0.05, 0.1) is 24.2 Å². The molecule has 0 aromatic carbocycles. The van der Waals surface area contributed by atoms with Gasteiger partial charge in [-0.1, -0.05) is 12.8 Å². The molecule has 1 aliphatic carbocycles. The number of fused-ring (bicyclic) bond motifs is 2. The molecule has 0 aromatic rings. The summed E-state index contributed by atoms with van der Waals surface area (Å²) in [6.07, 6.45) is 2.03. The Morgan fingerprint density at radius 2 is 1.96 bits per heavy atom. The van der Waals surface area contributed by atoms with Crippen LogP contribution in [0.5, 0.6) is 0 Å². The van der Waals surface area contributed by atoms with Crippen molar-refractivity contribution in [1.82, 2.24) is 10.6 Å². The van der Waals surface area contributed by atoms with E-state index in [2.05, 4.69) is 15.6 Å². The van der Waals surface area contributed by atoms with Gasteiger partial charge >= 0.3 is 6.18 Å². The van der Waals surface area contributed by atoms with Gasteiger partial charge in [0.15, 0.2) is 5.96 Å². The maximum Gasteiger partial charge on any atom is 0.392 e. The monoisotopic (exact) mass is 333 g/mol. The number of hydrogen-bond donors (Lipinski definition) is 2. The Morgan fingerprint density at radius 1 is 1.17 bits per heavy atom. The van der Waals surface area contributed by atoms with E-state index in [0.717, 1.165) is 25.7 Å². The van der Waals surface area contributed by atoms with E-state index in [9.17, 15) is 13.2 Å². The summed E-state index contributed by atoms with van der Waals surface area (Å²) in [5.41, 5.74) is 0. The predicted molar refractivity (Wildman–Crippen MR) is 82.3 cm³/mol. The van der Waals surface area contributed by atoms with Gasteiger partial charge < -0.3 is 15.4 Å². The van der Waals surface area contributed by atoms with Gasteiger partial charge in [-0.3, -0.25) is 4.99 Å². The highest BCUT2D eigenvalue weighted by Gasteiger charge is 2.45. The van der Waals surface area contributed by atoms with E-state index < -0.39 is 12.1 Å². The molecule has 0 amide bonds. The van der Waals surface area contributed by atoms with E-state index in [-0.39, 0.29) is 24.5 Å². The Kier molecular flexibility index (Phi) is 5.04. The van der Waals surface area contributed by atoms with Gasteiger partial charge in [0.25, 0.3) is 0 Å². The molecule has 3 fully saturated rings. The number of guanidine groups is 1. The third-order valence-corrected chi connectivity index (χ3v) is 5.51. The fraction of sp³-hybridized carbons (Fsp3) is 0.938. The van der Waals surface area contributed by atoms with Gasteiger partial charge in [-0.15, -0.1) is 0 Å². The van der Waals surface area contributed by atoms with Crippen molar-refractivity contribution < 1.29 is 17.9 Å². The minimum Gasteiger partial charge on any atom is -0.373 e. The molecule has 5 atom stereocenters. The average Bonchev–Trinajstić information content (AvgIpc) is 3.13. The van der Waals surface area contributed by atoms with Crippen molar-refractivity contribution in [3.63, 3.8) is 0 Å². The Hall–Kier alpha value is -0.980. The van der Waals surface area contributed by atoms with E-state index in [1.54, 1.807) is 7.05 Å². The molecule has 132 valence electrons. The third-order valence-electron chi connectivity index (χ3n) is 5.51. The molecule has 3 aliphatic rings. The van der Waals surface area contributed by atoms with E-state index in [1.165, 1.54) is 0 Å². The summed E-state index contributed by atoms with van der Waals surface area (Å²) in [5.74, 6) is -0.955. The minimum atomic E-state index is -4.10. The molecule has 2 N–H and O–H groups in total. The van der Waals surface area contributed by atoms with Gasteiger partial charge in [-0.25, -0.2) is 0 Å². The van der Waals surface area contributed by atoms with Gasteiger partial charge in [0, 0.05) is 13.6 Å². The first-order valence-corrected chi connectivity index (χ1v) is 8.66. The number of rotatable bonds is 3. The van der Waals surface area contributed by atoms with Crippen LogP contribution < -0.4 is 10.6 Å². The maximum atomic E-state index is 13.1. The SMILES string of the molecule is CN=C(NCC1CCCCC1C(F)(F)F)NC1CC2CCC1O2. The standard InChI is InChI=1S/C16H26F3N3O/c1-20-15(22-13-8-11-6-7-14(13)23-11)21-9-10-4-2-3-5-12(10)16(17,18)19/h10-14H,2-9H2,1H3,(H2,20,21,22). The van der Waals surface area contributed by atoms with Crippen molar-refractivity contribution >= 4 is 5.96 Å². The number of alkyl halides is 3. The fourth-order valence-corrected chi connectivity index (χ4v) is 4.27. The zero-order chi connectivity index (χ0) is 16.4. The highest BCUT2D eigenvalue weighted by molar-refractivity contribution is 5.80. The summed E-state index contributed by atoms with van der Waals surface area (Å²) in [5, 5.41) is 6.43. The lowest BCUT2D eigenvalue weighted by Gasteiger charge is -2.33. The van der Waals surface area contributed by atoms with Gasteiger partial charge in [-0.2, -0.15) is 13.2 Å². The number of hydrogen-bond acceptors (Lipinski definition) is 2. The molecule has 1 saturated carbocycles. The molecular formula is C16H26F3N3O. The maximum absolute atomic E-state index is 13.1. The molecule has 0 radical (unpaired) electrons. The van der Waals surface area contributed by atoms with Crippen molar-refractivity contribution in [1.29, 1.82) is 0 Å². The second kappa shape index (κ2) is 6.87. The summed E-state index contributed by atoms with van der Waals surface area (Å²) in [6, 6.07) is 0.227. The number of ether oxygens (including phenoxy) is 1. The van der Waals surface area contributed by atoms with E-state index >= 15 is 0 Å². The summed E-state index contributed by atoms with van der Waals surface area (Å²) >= 11 is 0. The summed E-state index contributed by atoms with van der Waals surface area (Å²) in [7, 11) is 1.66. The van der Waals surface area contributed by atoms with Gasteiger partial charge in [-0.05, 0) is 38.0 Å². The van der Waals surface area contributed by atoms with Gasteiger partial charge in [0.1, 0.15) is 0 Å². The number of halogens is 3. The number of aliphatic imine (C=N–C) groups is 1. The van der Waals surface area contributed by atoms with E-state index in [4.69, 9.17) is 4.74 Å². The second-order valence-corrected chi connectivity index (χ2v) is 7.01. The van der Waals surface area contributed by atoms with Crippen molar-refractivity contribution in [2.45, 2.75) is 69.4 Å². The average molecular weight is 333 g/mol. The van der Waals surface area contributed by atoms with E-state index in [0.29, 0.717) is 31.4 Å². The molecule has 2 bridgehead atoms. The lowest BCUT2D eigenvalue weighted by molar-refractivity contribution is -0.195. The lowest BCUT2D eigenvalue weighted by atomic mass is 9.79. The molecule has 4 nitrogen and oxygen atoms in total. The summed E-state index contributed by atoms with van der Waals surface area (Å²) in [6.45, 7) is 0.325. The van der Waals surface area contributed by atoms with Crippen molar-refractivity contribution in [3.8, 4) is 0 Å². The molecule has 0 spiro atoms. The zero-order valence-electron chi connectivity index (χ0n) is 13.5. The molecule has 7 heteroatoms. The van der Waals surface area contributed by atoms with Crippen molar-refractivity contribution in [2.24, 2.45) is 16.8 Å². The minimum absolute atomic E-state index is 0.219. The van der Waals surface area contributed by atoms with Crippen LogP contribution in [0.3, 0.4) is 0 Å². The number of nitrogens with one attached hydrogen (secondary N) is 2. The lowest BCUT2D eigenvalue weighted by Crippen LogP contribution is -2.49. The Morgan fingerprint density at radius 3 is 2.57 bits per heavy atom. The Bertz CT molecular complexity index is 441. The molecular weight excluding hydrogens is 307 g/mol. The molecule has 5 unspecified atom stereocenters. The van der Waals surface area contributed by atoms with Crippen LogP contribution in [0.4, 0.5) is 13.2 Å². The molecule has 0 aromatic heterocycles. The molecule has 2 aliphatic heterocycles. The van der Waals surface area contributed by atoms with Crippen LogP contribution in [-0.4, -0.2) is 44.0 Å². The Balaban J connectivity index is 1.51. The quantitative estimate of drug-likeness (QED) is 0.617. The first-order valence-electron chi connectivity index (χ1n) is 8.66. The highest BCUT2D eigenvalue weighted by atomic mass is 19.4. The molecule has 3 rings (SSSR count). The van der Waals surface area contributed by atoms with Crippen LogP contribution in [0.2, 0.25) is 0 Å². The molecule has 2 saturated heterocycles. The second-order valence-electron chi connectivity index (χ2n) is 7.01. The molecule has 2 heterocycles. The van der Waals surface area contributed by atoms with Crippen molar-refractivity contribution in [2.75, 3.05) is 13.6 Å². The van der Waals surface area contributed by atoms with Crippen LogP contribution in [0, 0.1) is 11.8 Å². The van der Waals surface area contributed by atoms with Crippen LogP contribution >= 0.6 is 0 Å². The van der Waals surface area contributed by atoms with Crippen LogP contribution in [0.25, 0.3) is 0 Å². The normalized spacial score (nSPS) is 37.9. The first kappa shape index (κ1) is 16.9. The third kappa shape index (κ3) is 3.92. The zero-order valence-corrected chi connectivity index (χ0v) is 13.5. The summed E-state index contributed by atoms with van der Waals surface area (Å²) in [4.78, 5) is 4.16. The van der Waals surface area contributed by atoms with Crippen LogP contribution in [0.1, 0.15) is 44.9 Å². The predicted octanol–water partition coefficient (Wildman–Crippen LogP) is 2.84. The topological polar surface area (TPSA) is 45.7 Å². The van der Waals surface area contributed by atoms with Gasteiger partial charge in [0.2, 0.25) is 0 Å². The smallest absolute Gasteiger partial charge is 0.373 e. The largest absolute Gasteiger partial charge is 0.392 e. The summed E-state index contributed by atoms with van der Waals surface area (Å²) < 4.78 is 45.2. The first-order chi connectivity index (χ1) is 11.0. The van der Waals surface area contributed by atoms with Crippen LogP contribution in [0.15, 0.2) is 4.99 Å². The van der Waals surface area contributed by atoms with Crippen molar-refractivity contribution in [3.05, 3.63) is 0 Å². The van der Waals surface area contributed by atoms with E-state index in [1.807, 2.05) is 0 Å². The fourth-order valence-electron chi connectivity index (χ4n) is 4.27. The van der Waals surface area contributed by atoms with Crippen LogP contribution in [-0.2, 0) is 4.74 Å².